The van der Waals surface area contributed by atoms with Crippen LogP contribution in [0.3, 0.4) is 0 Å². The number of pyridine rings is 1. The summed E-state index contributed by atoms with van der Waals surface area (Å²) in [6.07, 6.45) is 0.993. The van der Waals surface area contributed by atoms with Gasteiger partial charge in [-0.2, -0.15) is 0 Å². The lowest BCUT2D eigenvalue weighted by Crippen LogP contribution is -2.06. The average Bonchev–Trinajstić information content (AvgIpc) is 3.33. The molecular formula is C18H15NO2. The van der Waals surface area contributed by atoms with E-state index >= 15 is 0 Å². The normalized spacial score (nSPS) is 17.0. The van der Waals surface area contributed by atoms with Gasteiger partial charge in [-0.15, -0.1) is 0 Å². The van der Waals surface area contributed by atoms with Gasteiger partial charge in [0.1, 0.15) is 6.10 Å². The highest BCUT2D eigenvalue weighted by Gasteiger charge is 2.27. The molecule has 0 spiro atoms. The van der Waals surface area contributed by atoms with Crippen LogP contribution in [-0.4, -0.2) is 11.6 Å². The molecular weight excluding hydrogens is 262 g/mol. The van der Waals surface area contributed by atoms with Crippen LogP contribution in [0.2, 0.25) is 0 Å². The topological polar surface area (TPSA) is 45.4 Å². The van der Waals surface area contributed by atoms with Crippen LogP contribution in [0.15, 0.2) is 59.4 Å². The molecule has 0 radical (unpaired) electrons. The molecule has 1 N–H and O–H groups in total. The minimum absolute atomic E-state index is 0.0642. The molecule has 1 saturated heterocycles. The zero-order valence-electron chi connectivity index (χ0n) is 11.5. The molecule has 0 bridgehead atoms. The van der Waals surface area contributed by atoms with E-state index in [1.54, 1.807) is 6.07 Å². The quantitative estimate of drug-likeness (QED) is 0.747. The lowest BCUT2D eigenvalue weighted by atomic mass is 9.97. The van der Waals surface area contributed by atoms with Crippen LogP contribution >= 0.6 is 0 Å². The van der Waals surface area contributed by atoms with E-state index in [1.807, 2.05) is 24.3 Å². The number of benzene rings is 2. The molecule has 3 heteroatoms. The summed E-state index contributed by atoms with van der Waals surface area (Å²) in [5.74, 6) is 0. The van der Waals surface area contributed by atoms with Gasteiger partial charge in [-0.05, 0) is 29.2 Å². The van der Waals surface area contributed by atoms with Crippen molar-refractivity contribution < 1.29 is 4.74 Å². The highest BCUT2D eigenvalue weighted by Crippen LogP contribution is 2.35. The van der Waals surface area contributed by atoms with E-state index in [1.165, 1.54) is 5.56 Å². The van der Waals surface area contributed by atoms with Crippen molar-refractivity contribution in [2.45, 2.75) is 12.5 Å². The van der Waals surface area contributed by atoms with Gasteiger partial charge in [0.25, 0.3) is 0 Å². The molecule has 2 aromatic carbocycles. The molecule has 4 rings (SSSR count). The van der Waals surface area contributed by atoms with Crippen LogP contribution in [-0.2, 0) is 11.2 Å². The molecule has 1 aromatic heterocycles. The number of H-pyrrole nitrogens is 1. The monoisotopic (exact) mass is 277 g/mol. The third kappa shape index (κ3) is 2.36. The Morgan fingerprint density at radius 2 is 1.86 bits per heavy atom. The van der Waals surface area contributed by atoms with Gasteiger partial charge in [0, 0.05) is 11.5 Å². The summed E-state index contributed by atoms with van der Waals surface area (Å²) in [6.45, 7) is 0.770. The molecule has 0 saturated carbocycles. The number of aromatic amines is 1. The first kappa shape index (κ1) is 12.4. The van der Waals surface area contributed by atoms with Gasteiger partial charge in [0.15, 0.2) is 0 Å². The number of hydrogen-bond acceptors (Lipinski definition) is 2. The standard InChI is InChI=1S/C18H15NO2/c20-17-9-8-15-14(16-11-21-16)7-6-13(18(15)19-17)10-12-4-2-1-3-5-12/h1-9,16H,10-11H2,(H,19,20). The number of aromatic nitrogens is 1. The van der Waals surface area contributed by atoms with Crippen LogP contribution in [0.5, 0.6) is 0 Å². The van der Waals surface area contributed by atoms with Gasteiger partial charge in [-0.25, -0.2) is 0 Å². The fourth-order valence-electron chi connectivity index (χ4n) is 2.80. The van der Waals surface area contributed by atoms with Gasteiger partial charge in [0.05, 0.1) is 12.1 Å². The van der Waals surface area contributed by atoms with E-state index in [0.717, 1.165) is 35.1 Å². The number of nitrogens with one attached hydrogen (secondary N) is 1. The van der Waals surface area contributed by atoms with E-state index in [-0.39, 0.29) is 11.7 Å². The molecule has 1 fully saturated rings. The zero-order chi connectivity index (χ0) is 14.2. The summed E-state index contributed by atoms with van der Waals surface area (Å²) < 4.78 is 5.40. The molecule has 2 heterocycles. The number of fused-ring (bicyclic) bond motifs is 1. The van der Waals surface area contributed by atoms with Gasteiger partial charge < -0.3 is 9.72 Å². The summed E-state index contributed by atoms with van der Waals surface area (Å²) in [6, 6.07) is 18.0. The van der Waals surface area contributed by atoms with Crippen LogP contribution < -0.4 is 5.56 Å². The third-order valence-electron chi connectivity index (χ3n) is 3.93. The van der Waals surface area contributed by atoms with Crippen molar-refractivity contribution in [1.29, 1.82) is 0 Å². The minimum atomic E-state index is -0.0642. The summed E-state index contributed by atoms with van der Waals surface area (Å²) in [5, 5.41) is 1.09. The fourth-order valence-corrected chi connectivity index (χ4v) is 2.80. The van der Waals surface area contributed by atoms with Gasteiger partial charge in [-0.1, -0.05) is 42.5 Å². The van der Waals surface area contributed by atoms with E-state index in [0.29, 0.717) is 0 Å². The van der Waals surface area contributed by atoms with E-state index in [9.17, 15) is 4.79 Å². The number of ether oxygens (including phenoxy) is 1. The Kier molecular flexibility index (Phi) is 2.86. The van der Waals surface area contributed by atoms with Gasteiger partial charge in [0.2, 0.25) is 5.56 Å². The van der Waals surface area contributed by atoms with Crippen LogP contribution in [0, 0.1) is 0 Å². The second-order valence-electron chi connectivity index (χ2n) is 5.41. The summed E-state index contributed by atoms with van der Waals surface area (Å²) in [4.78, 5) is 14.7. The van der Waals surface area contributed by atoms with Crippen molar-refractivity contribution in [3.05, 3.63) is 81.6 Å². The van der Waals surface area contributed by atoms with Crippen LogP contribution in [0.25, 0.3) is 10.9 Å². The molecule has 1 aliphatic rings. The van der Waals surface area contributed by atoms with E-state index < -0.39 is 0 Å². The number of epoxide rings is 1. The van der Waals surface area contributed by atoms with Crippen molar-refractivity contribution in [1.82, 2.24) is 4.98 Å². The predicted molar refractivity (Wildman–Crippen MR) is 82.5 cm³/mol. The van der Waals surface area contributed by atoms with Crippen LogP contribution in [0.4, 0.5) is 0 Å². The second-order valence-corrected chi connectivity index (χ2v) is 5.41. The molecule has 104 valence electrons. The summed E-state index contributed by atoms with van der Waals surface area (Å²) in [7, 11) is 0. The molecule has 0 amide bonds. The molecule has 1 aliphatic heterocycles. The average molecular weight is 277 g/mol. The molecule has 1 atom stereocenters. The van der Waals surface area contributed by atoms with Crippen LogP contribution in [0.1, 0.15) is 22.8 Å². The molecule has 1 unspecified atom stereocenters. The second kappa shape index (κ2) is 4.86. The molecule has 21 heavy (non-hydrogen) atoms. The molecule has 3 nitrogen and oxygen atoms in total. The number of rotatable bonds is 3. The maximum Gasteiger partial charge on any atom is 0.248 e. The highest BCUT2D eigenvalue weighted by molar-refractivity contribution is 5.86. The van der Waals surface area contributed by atoms with Gasteiger partial charge in [-0.3, -0.25) is 4.79 Å². The fraction of sp³-hybridized carbons (Fsp3) is 0.167. The Bertz CT molecular complexity index is 848. The van der Waals surface area contributed by atoms with Crippen molar-refractivity contribution in [2.75, 3.05) is 6.61 Å². The maximum absolute atomic E-state index is 11.7. The van der Waals surface area contributed by atoms with Crippen molar-refractivity contribution in [3.8, 4) is 0 Å². The lowest BCUT2D eigenvalue weighted by Gasteiger charge is -2.10. The Hall–Kier alpha value is -2.39. The smallest absolute Gasteiger partial charge is 0.248 e. The molecule has 0 aliphatic carbocycles. The predicted octanol–water partition coefficient (Wildman–Crippen LogP) is 3.19. The van der Waals surface area contributed by atoms with Crippen molar-refractivity contribution in [2.24, 2.45) is 0 Å². The Labute approximate surface area is 122 Å². The zero-order valence-corrected chi connectivity index (χ0v) is 11.5. The largest absolute Gasteiger partial charge is 0.368 e. The SMILES string of the molecule is O=c1ccc2c(C3CO3)ccc(Cc3ccccc3)c2[nH]1. The van der Waals surface area contributed by atoms with E-state index in [4.69, 9.17) is 4.74 Å². The first-order valence-electron chi connectivity index (χ1n) is 7.11. The maximum atomic E-state index is 11.7. The first-order chi connectivity index (χ1) is 10.3. The Morgan fingerprint density at radius 3 is 2.62 bits per heavy atom. The highest BCUT2D eigenvalue weighted by atomic mass is 16.6. The lowest BCUT2D eigenvalue weighted by molar-refractivity contribution is 0.417. The van der Waals surface area contributed by atoms with Gasteiger partial charge >= 0.3 is 0 Å². The molecule has 3 aromatic rings. The summed E-state index contributed by atoms with van der Waals surface area (Å²) in [5.41, 5.74) is 4.40. The third-order valence-corrected chi connectivity index (χ3v) is 3.93. The Morgan fingerprint density at radius 1 is 1.05 bits per heavy atom. The number of hydrogen-bond donors (Lipinski definition) is 1. The van der Waals surface area contributed by atoms with Crippen molar-refractivity contribution >= 4 is 10.9 Å². The van der Waals surface area contributed by atoms with Crippen molar-refractivity contribution in [3.63, 3.8) is 0 Å². The minimum Gasteiger partial charge on any atom is -0.368 e. The Balaban J connectivity index is 1.87. The van der Waals surface area contributed by atoms with E-state index in [2.05, 4.69) is 29.2 Å². The summed E-state index contributed by atoms with van der Waals surface area (Å²) >= 11 is 0. The first-order valence-corrected chi connectivity index (χ1v) is 7.11.